The van der Waals surface area contributed by atoms with E-state index in [9.17, 15) is 14.9 Å². The van der Waals surface area contributed by atoms with E-state index in [1.807, 2.05) is 12.1 Å². The standard InChI is InChI=1S/C23H15N3O3S/c24-14-16-6-1-2-7-17(16)15-26-22(13-19(27)20-9-5-11-29-20)30-21(23(26)28)12-18-8-3-4-10-25-18/h1-13H,15H2/b21-12-,22-13-. The Kier molecular flexibility index (Phi) is 5.50. The van der Waals surface area contributed by atoms with Gasteiger partial charge in [0, 0.05) is 12.3 Å². The second-order valence-corrected chi connectivity index (χ2v) is 7.41. The largest absolute Gasteiger partial charge is 0.461 e. The van der Waals surface area contributed by atoms with E-state index in [1.165, 1.54) is 28.2 Å². The minimum Gasteiger partial charge on any atom is -0.461 e. The van der Waals surface area contributed by atoms with E-state index in [0.29, 0.717) is 26.0 Å². The minimum absolute atomic E-state index is 0.173. The average Bonchev–Trinajstić information content (AvgIpc) is 3.40. The van der Waals surface area contributed by atoms with E-state index in [1.54, 1.807) is 54.7 Å². The first-order valence-electron chi connectivity index (χ1n) is 9.05. The van der Waals surface area contributed by atoms with Crippen LogP contribution >= 0.6 is 11.3 Å². The highest BCUT2D eigenvalue weighted by Crippen LogP contribution is 2.08. The van der Waals surface area contributed by atoms with E-state index >= 15 is 0 Å². The number of carbonyl (C=O) groups is 1. The van der Waals surface area contributed by atoms with Gasteiger partial charge in [-0.1, -0.05) is 24.3 Å². The van der Waals surface area contributed by atoms with Gasteiger partial charge in [0.2, 0.25) is 5.78 Å². The lowest BCUT2D eigenvalue weighted by Crippen LogP contribution is -2.32. The zero-order valence-electron chi connectivity index (χ0n) is 15.7. The highest BCUT2D eigenvalue weighted by Gasteiger charge is 2.11. The summed E-state index contributed by atoms with van der Waals surface area (Å²) >= 11 is 1.19. The van der Waals surface area contributed by atoms with Gasteiger partial charge in [-0.2, -0.15) is 5.26 Å². The molecule has 0 spiro atoms. The number of thiazole rings is 1. The van der Waals surface area contributed by atoms with Gasteiger partial charge >= 0.3 is 0 Å². The van der Waals surface area contributed by atoms with Crippen molar-refractivity contribution in [3.63, 3.8) is 0 Å². The number of pyridine rings is 1. The number of nitrogens with zero attached hydrogens (tertiary/aromatic N) is 3. The SMILES string of the molecule is N#Cc1ccccc1Cn1c(=O)/c(=C/c2ccccn2)s/c1=C\C(=O)c1ccco1. The molecule has 4 rings (SSSR count). The van der Waals surface area contributed by atoms with Crippen molar-refractivity contribution in [1.82, 2.24) is 9.55 Å². The Morgan fingerprint density at radius 2 is 2.00 bits per heavy atom. The van der Waals surface area contributed by atoms with Gasteiger partial charge in [-0.05, 0) is 42.0 Å². The van der Waals surface area contributed by atoms with Crippen LogP contribution in [-0.4, -0.2) is 15.3 Å². The number of rotatable bonds is 5. The number of ketones is 1. The fraction of sp³-hybridized carbons (Fsp3) is 0.0435. The minimum atomic E-state index is -0.340. The molecule has 6 nitrogen and oxygen atoms in total. The average molecular weight is 413 g/mol. The molecule has 3 aromatic heterocycles. The quantitative estimate of drug-likeness (QED) is 0.469. The molecule has 7 heteroatoms. The number of benzene rings is 1. The van der Waals surface area contributed by atoms with Crippen molar-refractivity contribution in [3.8, 4) is 6.07 Å². The smallest absolute Gasteiger partial charge is 0.269 e. The van der Waals surface area contributed by atoms with Gasteiger partial charge in [0.15, 0.2) is 5.76 Å². The number of hydrogen-bond donors (Lipinski definition) is 0. The summed E-state index contributed by atoms with van der Waals surface area (Å²) in [6.07, 6.45) is 6.14. The summed E-state index contributed by atoms with van der Waals surface area (Å²) < 4.78 is 7.58. The van der Waals surface area contributed by atoms with E-state index in [-0.39, 0.29) is 23.6 Å². The predicted molar refractivity (Wildman–Crippen MR) is 113 cm³/mol. The Hall–Kier alpha value is -4.02. The van der Waals surface area contributed by atoms with Crippen LogP contribution in [0, 0.1) is 11.3 Å². The molecular formula is C23H15N3O3S. The van der Waals surface area contributed by atoms with Crippen LogP contribution in [0.2, 0.25) is 0 Å². The van der Waals surface area contributed by atoms with E-state index in [0.717, 1.165) is 0 Å². The molecule has 0 saturated carbocycles. The molecule has 0 saturated heterocycles. The highest BCUT2D eigenvalue weighted by molar-refractivity contribution is 7.07. The van der Waals surface area contributed by atoms with Gasteiger partial charge in [0.1, 0.15) is 4.66 Å². The molecule has 0 aliphatic rings. The van der Waals surface area contributed by atoms with Crippen LogP contribution in [0.1, 0.15) is 27.4 Å². The second-order valence-electron chi connectivity index (χ2n) is 6.35. The third kappa shape index (κ3) is 4.04. The molecule has 0 unspecified atom stereocenters. The molecule has 4 aromatic rings. The van der Waals surface area contributed by atoms with Crippen LogP contribution < -0.4 is 14.8 Å². The number of furan rings is 1. The number of hydrogen-bond acceptors (Lipinski definition) is 6. The Balaban J connectivity index is 1.89. The summed E-state index contributed by atoms with van der Waals surface area (Å²) in [4.78, 5) is 29.9. The van der Waals surface area contributed by atoms with Crippen molar-refractivity contribution in [2.24, 2.45) is 0 Å². The van der Waals surface area contributed by atoms with Crippen LogP contribution in [0.4, 0.5) is 0 Å². The molecule has 0 bridgehead atoms. The topological polar surface area (TPSA) is 88.9 Å². The maximum absolute atomic E-state index is 13.1. The molecular weight excluding hydrogens is 398 g/mol. The Labute approximate surface area is 175 Å². The van der Waals surface area contributed by atoms with Crippen LogP contribution in [0.5, 0.6) is 0 Å². The molecule has 0 fully saturated rings. The maximum Gasteiger partial charge on any atom is 0.269 e. The monoisotopic (exact) mass is 413 g/mol. The van der Waals surface area contributed by atoms with Gasteiger partial charge in [-0.25, -0.2) is 0 Å². The molecule has 0 amide bonds. The second kappa shape index (κ2) is 8.55. The number of Topliss-reactive ketones (excluding diaryl/α,β-unsaturated/α-hetero) is 1. The molecule has 0 aliphatic carbocycles. The fourth-order valence-corrected chi connectivity index (χ4v) is 3.95. The number of carbonyl (C=O) groups excluding carboxylic acids is 1. The molecule has 0 N–H and O–H groups in total. The van der Waals surface area contributed by atoms with Gasteiger partial charge in [0.25, 0.3) is 5.56 Å². The molecule has 1 aromatic carbocycles. The van der Waals surface area contributed by atoms with Crippen molar-refractivity contribution < 1.29 is 9.21 Å². The lowest BCUT2D eigenvalue weighted by Gasteiger charge is -2.04. The zero-order valence-corrected chi connectivity index (χ0v) is 16.5. The molecule has 0 aliphatic heterocycles. The van der Waals surface area contributed by atoms with Crippen LogP contribution in [0.25, 0.3) is 12.2 Å². The maximum atomic E-state index is 13.1. The molecule has 146 valence electrons. The van der Waals surface area contributed by atoms with Crippen molar-refractivity contribution in [3.05, 3.63) is 109 Å². The van der Waals surface area contributed by atoms with E-state index < -0.39 is 0 Å². The van der Waals surface area contributed by atoms with Gasteiger partial charge in [0.05, 0.1) is 34.7 Å². The van der Waals surface area contributed by atoms with Crippen molar-refractivity contribution >= 4 is 29.3 Å². The third-order valence-corrected chi connectivity index (χ3v) is 5.45. The van der Waals surface area contributed by atoms with Crippen LogP contribution in [0.3, 0.4) is 0 Å². The van der Waals surface area contributed by atoms with Gasteiger partial charge in [-0.15, -0.1) is 11.3 Å². The van der Waals surface area contributed by atoms with E-state index in [4.69, 9.17) is 4.42 Å². The Morgan fingerprint density at radius 3 is 2.73 bits per heavy atom. The predicted octanol–water partition coefficient (Wildman–Crippen LogP) is 2.31. The fourth-order valence-electron chi connectivity index (χ4n) is 2.93. The first-order chi connectivity index (χ1) is 14.7. The van der Waals surface area contributed by atoms with Gasteiger partial charge in [-0.3, -0.25) is 19.1 Å². The summed E-state index contributed by atoms with van der Waals surface area (Å²) in [5.74, 6) is -0.150. The zero-order chi connectivity index (χ0) is 20.9. The first-order valence-corrected chi connectivity index (χ1v) is 9.87. The van der Waals surface area contributed by atoms with Crippen LogP contribution in [0.15, 0.2) is 76.3 Å². The molecule has 3 heterocycles. The highest BCUT2D eigenvalue weighted by atomic mass is 32.1. The Bertz CT molecular complexity index is 1410. The number of aromatic nitrogens is 2. The van der Waals surface area contributed by atoms with Crippen molar-refractivity contribution in [2.45, 2.75) is 6.54 Å². The van der Waals surface area contributed by atoms with Gasteiger partial charge < -0.3 is 4.42 Å². The summed E-state index contributed by atoms with van der Waals surface area (Å²) in [6, 6.07) is 17.8. The lowest BCUT2D eigenvalue weighted by atomic mass is 10.1. The van der Waals surface area contributed by atoms with Crippen molar-refractivity contribution in [2.75, 3.05) is 0 Å². The lowest BCUT2D eigenvalue weighted by molar-refractivity contribution is 0.103. The first kappa shape index (κ1) is 19.3. The normalized spacial score (nSPS) is 12.1. The van der Waals surface area contributed by atoms with Crippen molar-refractivity contribution in [1.29, 1.82) is 5.26 Å². The molecule has 30 heavy (non-hydrogen) atoms. The van der Waals surface area contributed by atoms with Crippen LogP contribution in [-0.2, 0) is 6.54 Å². The third-order valence-electron chi connectivity index (χ3n) is 4.39. The van der Waals surface area contributed by atoms with E-state index in [2.05, 4.69) is 11.1 Å². The summed E-state index contributed by atoms with van der Waals surface area (Å²) in [7, 11) is 0. The summed E-state index contributed by atoms with van der Waals surface area (Å²) in [5, 5.41) is 9.38. The Morgan fingerprint density at radius 1 is 1.17 bits per heavy atom. The molecule has 0 radical (unpaired) electrons. The summed E-state index contributed by atoms with van der Waals surface area (Å²) in [6.45, 7) is 0.173. The summed E-state index contributed by atoms with van der Waals surface area (Å²) in [5.41, 5.74) is 1.57. The number of nitriles is 1. The molecule has 0 atom stereocenters.